The van der Waals surface area contributed by atoms with E-state index in [-0.39, 0.29) is 5.91 Å². The molecule has 1 saturated heterocycles. The van der Waals surface area contributed by atoms with Gasteiger partial charge in [-0.25, -0.2) is 9.97 Å². The Kier molecular flexibility index (Phi) is 4.87. The van der Waals surface area contributed by atoms with Gasteiger partial charge >= 0.3 is 0 Å². The number of anilines is 2. The molecule has 4 rings (SSSR count). The molecule has 3 aromatic rings. The van der Waals surface area contributed by atoms with Crippen LogP contribution >= 0.6 is 0 Å². The lowest BCUT2D eigenvalue weighted by Gasteiger charge is -2.28. The predicted molar refractivity (Wildman–Crippen MR) is 107 cm³/mol. The number of piperidine rings is 1. The third kappa shape index (κ3) is 3.69. The molecular weight excluding hydrogens is 340 g/mol. The van der Waals surface area contributed by atoms with Crippen LogP contribution in [0, 0.1) is 0 Å². The van der Waals surface area contributed by atoms with E-state index < -0.39 is 0 Å². The minimum atomic E-state index is -0.165. The predicted octanol–water partition coefficient (Wildman–Crippen LogP) is 3.88. The van der Waals surface area contributed by atoms with E-state index in [0.29, 0.717) is 11.3 Å². The van der Waals surface area contributed by atoms with Crippen LogP contribution in [0.4, 0.5) is 11.5 Å². The summed E-state index contributed by atoms with van der Waals surface area (Å²) in [4.78, 5) is 23.7. The fraction of sp³-hybridized carbons (Fsp3) is 0.286. The van der Waals surface area contributed by atoms with Gasteiger partial charge in [0.15, 0.2) is 0 Å². The van der Waals surface area contributed by atoms with E-state index in [1.165, 1.54) is 19.3 Å². The smallest absolute Gasteiger partial charge is 0.255 e. The Morgan fingerprint density at radius 1 is 1.04 bits per heavy atom. The summed E-state index contributed by atoms with van der Waals surface area (Å²) >= 11 is 0. The highest BCUT2D eigenvalue weighted by molar-refractivity contribution is 6.05. The zero-order chi connectivity index (χ0) is 18.6. The Balaban J connectivity index is 1.57. The minimum Gasteiger partial charge on any atom is -0.497 e. The van der Waals surface area contributed by atoms with Crippen LogP contribution in [-0.2, 0) is 0 Å². The molecule has 0 aliphatic carbocycles. The highest BCUT2D eigenvalue weighted by Gasteiger charge is 2.16. The number of carbonyl (C=O) groups excluding carboxylic acids is 1. The van der Waals surface area contributed by atoms with Crippen molar-refractivity contribution < 1.29 is 9.53 Å². The Morgan fingerprint density at radius 2 is 1.81 bits per heavy atom. The molecule has 27 heavy (non-hydrogen) atoms. The number of aromatic nitrogens is 2. The molecule has 2 heterocycles. The summed E-state index contributed by atoms with van der Waals surface area (Å²) in [5, 5.41) is 3.95. The van der Waals surface area contributed by atoms with Crippen LogP contribution in [0.5, 0.6) is 5.75 Å². The molecule has 1 aromatic heterocycles. The summed E-state index contributed by atoms with van der Waals surface area (Å²) in [7, 11) is 1.60. The van der Waals surface area contributed by atoms with E-state index in [9.17, 15) is 4.79 Å². The van der Waals surface area contributed by atoms with Crippen LogP contribution in [0.15, 0.2) is 48.8 Å². The topological polar surface area (TPSA) is 67.3 Å². The molecule has 0 spiro atoms. The maximum Gasteiger partial charge on any atom is 0.255 e. The van der Waals surface area contributed by atoms with Crippen LogP contribution in [0.3, 0.4) is 0 Å². The number of rotatable bonds is 4. The molecule has 2 aromatic carbocycles. The zero-order valence-electron chi connectivity index (χ0n) is 15.3. The molecule has 1 N–H and O–H groups in total. The Labute approximate surface area is 158 Å². The maximum atomic E-state index is 12.5. The number of fused-ring (bicyclic) bond motifs is 1. The third-order valence-electron chi connectivity index (χ3n) is 4.88. The Hall–Kier alpha value is -3.15. The van der Waals surface area contributed by atoms with Gasteiger partial charge in [-0.05, 0) is 61.7 Å². The molecule has 1 aliphatic heterocycles. The fourth-order valence-corrected chi connectivity index (χ4v) is 3.42. The largest absolute Gasteiger partial charge is 0.497 e. The van der Waals surface area contributed by atoms with E-state index in [1.807, 2.05) is 18.2 Å². The first-order valence-electron chi connectivity index (χ1n) is 9.20. The molecule has 0 saturated carbocycles. The average molecular weight is 362 g/mol. The number of nitrogens with one attached hydrogen (secondary N) is 1. The second kappa shape index (κ2) is 7.61. The molecular formula is C21H22N4O2. The van der Waals surface area contributed by atoms with Crippen molar-refractivity contribution in [2.75, 3.05) is 30.4 Å². The molecule has 0 radical (unpaired) electrons. The van der Waals surface area contributed by atoms with E-state index in [2.05, 4.69) is 20.2 Å². The van der Waals surface area contributed by atoms with Crippen molar-refractivity contribution in [3.63, 3.8) is 0 Å². The van der Waals surface area contributed by atoms with Crippen LogP contribution in [0.2, 0.25) is 0 Å². The summed E-state index contributed by atoms with van der Waals surface area (Å²) in [6.07, 6.45) is 5.27. The highest BCUT2D eigenvalue weighted by atomic mass is 16.5. The number of amides is 1. The molecule has 0 atom stereocenters. The van der Waals surface area contributed by atoms with Crippen LogP contribution < -0.4 is 15.0 Å². The molecule has 1 amide bonds. The SMILES string of the molecule is COc1ccc(C(=O)Nc2ccc3c(N4CCCCC4)ncnc3c2)cc1. The molecule has 6 nitrogen and oxygen atoms in total. The van der Waals surface area contributed by atoms with Crippen LogP contribution in [0.1, 0.15) is 29.6 Å². The molecule has 1 fully saturated rings. The molecule has 0 bridgehead atoms. The number of nitrogens with zero attached hydrogens (tertiary/aromatic N) is 3. The van der Waals surface area contributed by atoms with Crippen molar-refractivity contribution in [3.8, 4) is 5.75 Å². The number of carbonyl (C=O) groups is 1. The van der Waals surface area contributed by atoms with Gasteiger partial charge in [0.1, 0.15) is 17.9 Å². The summed E-state index contributed by atoms with van der Waals surface area (Å²) < 4.78 is 5.13. The molecule has 1 aliphatic rings. The summed E-state index contributed by atoms with van der Waals surface area (Å²) in [5.74, 6) is 1.54. The zero-order valence-corrected chi connectivity index (χ0v) is 15.3. The van der Waals surface area contributed by atoms with Gasteiger partial charge < -0.3 is 15.0 Å². The van der Waals surface area contributed by atoms with E-state index in [1.54, 1.807) is 37.7 Å². The molecule has 6 heteroatoms. The van der Waals surface area contributed by atoms with E-state index in [0.717, 1.165) is 35.6 Å². The molecule has 138 valence electrons. The fourth-order valence-electron chi connectivity index (χ4n) is 3.42. The van der Waals surface area contributed by atoms with Crippen molar-refractivity contribution in [1.82, 2.24) is 9.97 Å². The minimum absolute atomic E-state index is 0.165. The van der Waals surface area contributed by atoms with Crippen molar-refractivity contribution in [3.05, 3.63) is 54.4 Å². The molecule has 0 unspecified atom stereocenters. The lowest BCUT2D eigenvalue weighted by molar-refractivity contribution is 0.102. The first-order chi connectivity index (χ1) is 13.2. The number of methoxy groups -OCH3 is 1. The maximum absolute atomic E-state index is 12.5. The van der Waals surface area contributed by atoms with E-state index in [4.69, 9.17) is 4.74 Å². The quantitative estimate of drug-likeness (QED) is 0.763. The first-order valence-corrected chi connectivity index (χ1v) is 9.20. The van der Waals surface area contributed by atoms with Gasteiger partial charge in [0.2, 0.25) is 0 Å². The Morgan fingerprint density at radius 3 is 2.56 bits per heavy atom. The summed E-state index contributed by atoms with van der Waals surface area (Å²) in [6, 6.07) is 12.8. The lowest BCUT2D eigenvalue weighted by atomic mass is 10.1. The van der Waals surface area contributed by atoms with Crippen molar-refractivity contribution in [2.45, 2.75) is 19.3 Å². The third-order valence-corrected chi connectivity index (χ3v) is 4.88. The Bertz CT molecular complexity index is 950. The summed E-state index contributed by atoms with van der Waals surface area (Å²) in [6.45, 7) is 2.06. The summed E-state index contributed by atoms with van der Waals surface area (Å²) in [5.41, 5.74) is 2.12. The monoisotopic (exact) mass is 362 g/mol. The number of benzene rings is 2. The normalized spacial score (nSPS) is 14.2. The number of hydrogen-bond acceptors (Lipinski definition) is 5. The van der Waals surface area contributed by atoms with Gasteiger partial charge in [-0.15, -0.1) is 0 Å². The van der Waals surface area contributed by atoms with Gasteiger partial charge in [-0.3, -0.25) is 4.79 Å². The van der Waals surface area contributed by atoms with Crippen LogP contribution in [-0.4, -0.2) is 36.1 Å². The second-order valence-corrected chi connectivity index (χ2v) is 6.66. The van der Waals surface area contributed by atoms with Crippen LogP contribution in [0.25, 0.3) is 10.9 Å². The van der Waals surface area contributed by atoms with Gasteiger partial charge in [0, 0.05) is 29.7 Å². The highest BCUT2D eigenvalue weighted by Crippen LogP contribution is 2.27. The van der Waals surface area contributed by atoms with Crippen molar-refractivity contribution in [2.24, 2.45) is 0 Å². The number of ether oxygens (including phenoxy) is 1. The van der Waals surface area contributed by atoms with Crippen molar-refractivity contribution >= 4 is 28.3 Å². The van der Waals surface area contributed by atoms with Gasteiger partial charge in [-0.2, -0.15) is 0 Å². The lowest BCUT2D eigenvalue weighted by Crippen LogP contribution is -2.30. The van der Waals surface area contributed by atoms with Gasteiger partial charge in [-0.1, -0.05) is 0 Å². The standard InChI is InChI=1S/C21H22N4O2/c1-27-17-8-5-15(6-9-17)21(26)24-16-7-10-18-19(13-16)22-14-23-20(18)25-11-3-2-4-12-25/h5-10,13-14H,2-4,11-12H2,1H3,(H,24,26). The van der Waals surface area contributed by atoms with Gasteiger partial charge in [0.05, 0.1) is 12.6 Å². The van der Waals surface area contributed by atoms with Gasteiger partial charge in [0.25, 0.3) is 5.91 Å². The second-order valence-electron chi connectivity index (χ2n) is 6.66. The van der Waals surface area contributed by atoms with Crippen molar-refractivity contribution in [1.29, 1.82) is 0 Å². The number of hydrogen-bond donors (Lipinski definition) is 1. The first kappa shape index (κ1) is 17.3. The average Bonchev–Trinajstić information content (AvgIpc) is 2.74. The van der Waals surface area contributed by atoms with E-state index >= 15 is 0 Å².